The second kappa shape index (κ2) is 8.01. The summed E-state index contributed by atoms with van der Waals surface area (Å²) in [5.74, 6) is 1.43. The molecule has 0 saturated carbocycles. The summed E-state index contributed by atoms with van der Waals surface area (Å²) in [5.41, 5.74) is 4.63. The van der Waals surface area contributed by atoms with Gasteiger partial charge in [-0.25, -0.2) is 5.43 Å². The Morgan fingerprint density at radius 1 is 1.00 bits per heavy atom. The Labute approximate surface area is 141 Å². The summed E-state index contributed by atoms with van der Waals surface area (Å²) in [6.07, 6.45) is 1.51. The monoisotopic (exact) mass is 328 g/mol. The van der Waals surface area contributed by atoms with Crippen LogP contribution in [-0.2, 0) is 0 Å². The molecular formula is C18H20N2O4. The third-order valence-corrected chi connectivity index (χ3v) is 3.41. The Kier molecular flexibility index (Phi) is 5.78. The van der Waals surface area contributed by atoms with Crippen molar-refractivity contribution in [3.8, 4) is 17.2 Å². The van der Waals surface area contributed by atoms with Crippen LogP contribution in [0.15, 0.2) is 41.5 Å². The summed E-state index contributed by atoms with van der Waals surface area (Å²) in [4.78, 5) is 12.2. The lowest BCUT2D eigenvalue weighted by Gasteiger charge is -2.08. The number of hydrogen-bond donors (Lipinski definition) is 1. The van der Waals surface area contributed by atoms with Crippen LogP contribution in [0, 0.1) is 6.92 Å². The van der Waals surface area contributed by atoms with Crippen molar-refractivity contribution in [3.05, 3.63) is 53.1 Å². The fraction of sp³-hybridized carbons (Fsp3) is 0.222. The smallest absolute Gasteiger partial charge is 0.275 e. The minimum absolute atomic E-state index is 0.351. The molecule has 126 valence electrons. The molecule has 0 heterocycles. The fourth-order valence-electron chi connectivity index (χ4n) is 2.13. The van der Waals surface area contributed by atoms with E-state index in [9.17, 15) is 4.79 Å². The van der Waals surface area contributed by atoms with Gasteiger partial charge in [-0.2, -0.15) is 5.10 Å². The maximum absolute atomic E-state index is 12.2. The van der Waals surface area contributed by atoms with Gasteiger partial charge in [-0.3, -0.25) is 4.79 Å². The zero-order valence-corrected chi connectivity index (χ0v) is 14.1. The van der Waals surface area contributed by atoms with E-state index in [4.69, 9.17) is 14.2 Å². The fourth-order valence-corrected chi connectivity index (χ4v) is 2.13. The SMILES string of the molecule is COc1ccc(C=NNC(=O)c2ccc(C)cc2OC)c(OC)c1. The third kappa shape index (κ3) is 4.04. The summed E-state index contributed by atoms with van der Waals surface area (Å²) >= 11 is 0. The summed E-state index contributed by atoms with van der Waals surface area (Å²) in [7, 11) is 4.66. The molecule has 2 aromatic carbocycles. The van der Waals surface area contributed by atoms with E-state index < -0.39 is 0 Å². The van der Waals surface area contributed by atoms with Gasteiger partial charge in [-0.15, -0.1) is 0 Å². The van der Waals surface area contributed by atoms with Gasteiger partial charge in [-0.05, 0) is 36.8 Å². The first-order valence-electron chi connectivity index (χ1n) is 7.29. The Morgan fingerprint density at radius 2 is 1.75 bits per heavy atom. The lowest BCUT2D eigenvalue weighted by atomic mass is 10.1. The molecule has 1 N–H and O–H groups in total. The number of carbonyl (C=O) groups excluding carboxylic acids is 1. The van der Waals surface area contributed by atoms with Crippen molar-refractivity contribution in [2.75, 3.05) is 21.3 Å². The molecule has 0 unspecified atom stereocenters. The molecule has 0 atom stereocenters. The molecule has 2 aromatic rings. The molecule has 0 saturated heterocycles. The summed E-state index contributed by atoms with van der Waals surface area (Å²) in [5, 5.41) is 3.98. The predicted octanol–water partition coefficient (Wildman–Crippen LogP) is 2.78. The van der Waals surface area contributed by atoms with E-state index in [-0.39, 0.29) is 5.91 Å². The van der Waals surface area contributed by atoms with Crippen LogP contribution in [0.2, 0.25) is 0 Å². The number of hydrazone groups is 1. The van der Waals surface area contributed by atoms with E-state index in [0.717, 1.165) is 11.1 Å². The minimum atomic E-state index is -0.351. The lowest BCUT2D eigenvalue weighted by molar-refractivity contribution is 0.0952. The molecule has 24 heavy (non-hydrogen) atoms. The third-order valence-electron chi connectivity index (χ3n) is 3.41. The minimum Gasteiger partial charge on any atom is -0.497 e. The van der Waals surface area contributed by atoms with Crippen molar-refractivity contribution in [2.24, 2.45) is 5.10 Å². The first-order chi connectivity index (χ1) is 11.6. The molecule has 0 aliphatic rings. The molecule has 0 fully saturated rings. The van der Waals surface area contributed by atoms with Crippen molar-refractivity contribution < 1.29 is 19.0 Å². The topological polar surface area (TPSA) is 69.2 Å². The van der Waals surface area contributed by atoms with Crippen molar-refractivity contribution >= 4 is 12.1 Å². The molecule has 2 rings (SSSR count). The number of methoxy groups -OCH3 is 3. The van der Waals surface area contributed by atoms with E-state index in [2.05, 4.69) is 10.5 Å². The first-order valence-corrected chi connectivity index (χ1v) is 7.29. The first kappa shape index (κ1) is 17.3. The number of nitrogens with zero attached hydrogens (tertiary/aromatic N) is 1. The maximum atomic E-state index is 12.2. The van der Waals surface area contributed by atoms with Crippen LogP contribution in [0.25, 0.3) is 0 Å². The molecule has 1 amide bonds. The van der Waals surface area contributed by atoms with Gasteiger partial charge in [0.25, 0.3) is 5.91 Å². The van der Waals surface area contributed by atoms with Gasteiger partial charge in [0.1, 0.15) is 17.2 Å². The summed E-state index contributed by atoms with van der Waals surface area (Å²) in [6, 6.07) is 10.7. The number of ether oxygens (including phenoxy) is 3. The van der Waals surface area contributed by atoms with Gasteiger partial charge in [-0.1, -0.05) is 6.07 Å². The quantitative estimate of drug-likeness (QED) is 0.654. The normalized spacial score (nSPS) is 10.5. The number of aryl methyl sites for hydroxylation is 1. The van der Waals surface area contributed by atoms with E-state index in [0.29, 0.717) is 22.8 Å². The van der Waals surface area contributed by atoms with Crippen LogP contribution in [0.5, 0.6) is 17.2 Å². The molecule has 0 spiro atoms. The van der Waals surface area contributed by atoms with Crippen molar-refractivity contribution in [2.45, 2.75) is 6.92 Å². The average molecular weight is 328 g/mol. The number of carbonyl (C=O) groups is 1. The number of rotatable bonds is 6. The van der Waals surface area contributed by atoms with Gasteiger partial charge >= 0.3 is 0 Å². The summed E-state index contributed by atoms with van der Waals surface area (Å²) < 4.78 is 15.6. The van der Waals surface area contributed by atoms with Crippen LogP contribution in [0.3, 0.4) is 0 Å². The second-order valence-electron chi connectivity index (χ2n) is 5.01. The number of nitrogens with one attached hydrogen (secondary N) is 1. The zero-order valence-electron chi connectivity index (χ0n) is 14.1. The standard InChI is InChI=1S/C18H20N2O4/c1-12-5-8-15(17(9-12)24-4)18(21)20-19-11-13-6-7-14(22-2)10-16(13)23-3/h5-11H,1-4H3,(H,20,21). The molecule has 0 radical (unpaired) electrons. The average Bonchev–Trinajstić information content (AvgIpc) is 2.61. The highest BCUT2D eigenvalue weighted by Gasteiger charge is 2.11. The summed E-state index contributed by atoms with van der Waals surface area (Å²) in [6.45, 7) is 1.93. The van der Waals surface area contributed by atoms with Crippen molar-refractivity contribution in [1.82, 2.24) is 5.43 Å². The van der Waals surface area contributed by atoms with Crippen LogP contribution >= 0.6 is 0 Å². The van der Waals surface area contributed by atoms with Crippen LogP contribution in [-0.4, -0.2) is 33.5 Å². The van der Waals surface area contributed by atoms with Gasteiger partial charge in [0.2, 0.25) is 0 Å². The highest BCUT2D eigenvalue weighted by Crippen LogP contribution is 2.23. The molecule has 0 aromatic heterocycles. The van der Waals surface area contributed by atoms with E-state index >= 15 is 0 Å². The Morgan fingerprint density at radius 3 is 2.42 bits per heavy atom. The van der Waals surface area contributed by atoms with Gasteiger partial charge in [0.15, 0.2) is 0 Å². The van der Waals surface area contributed by atoms with Crippen LogP contribution in [0.4, 0.5) is 0 Å². The molecule has 0 aliphatic carbocycles. The van der Waals surface area contributed by atoms with Gasteiger partial charge in [0, 0.05) is 11.6 Å². The van der Waals surface area contributed by atoms with Crippen LogP contribution in [0.1, 0.15) is 21.5 Å². The zero-order chi connectivity index (χ0) is 17.5. The highest BCUT2D eigenvalue weighted by atomic mass is 16.5. The Hall–Kier alpha value is -3.02. The van der Waals surface area contributed by atoms with E-state index in [1.54, 1.807) is 44.6 Å². The second-order valence-corrected chi connectivity index (χ2v) is 5.01. The molecule has 0 aliphatic heterocycles. The van der Waals surface area contributed by atoms with Gasteiger partial charge < -0.3 is 14.2 Å². The molecular weight excluding hydrogens is 308 g/mol. The molecule has 6 heteroatoms. The largest absolute Gasteiger partial charge is 0.497 e. The maximum Gasteiger partial charge on any atom is 0.275 e. The van der Waals surface area contributed by atoms with Crippen molar-refractivity contribution in [3.63, 3.8) is 0 Å². The van der Waals surface area contributed by atoms with E-state index in [1.165, 1.54) is 13.3 Å². The predicted molar refractivity (Wildman–Crippen MR) is 92.3 cm³/mol. The van der Waals surface area contributed by atoms with Crippen molar-refractivity contribution in [1.29, 1.82) is 0 Å². The van der Waals surface area contributed by atoms with Crippen LogP contribution < -0.4 is 19.6 Å². The van der Waals surface area contributed by atoms with Gasteiger partial charge in [0.05, 0.1) is 33.1 Å². The Bertz CT molecular complexity index is 757. The lowest BCUT2D eigenvalue weighted by Crippen LogP contribution is -2.18. The Balaban J connectivity index is 2.13. The number of hydrogen-bond acceptors (Lipinski definition) is 5. The highest BCUT2D eigenvalue weighted by molar-refractivity contribution is 5.97. The van der Waals surface area contributed by atoms with E-state index in [1.807, 2.05) is 13.0 Å². The number of benzene rings is 2. The number of amides is 1. The molecule has 0 bridgehead atoms. The molecule has 6 nitrogen and oxygen atoms in total.